The van der Waals surface area contributed by atoms with Crippen LogP contribution in [0.2, 0.25) is 0 Å². The van der Waals surface area contributed by atoms with E-state index in [1.165, 1.54) is 48.3 Å². The maximum Gasteiger partial charge on any atom is 0.405 e. The highest BCUT2D eigenvalue weighted by molar-refractivity contribution is 5.94. The molecule has 122 valence electrons. The Morgan fingerprint density at radius 3 is 2.57 bits per heavy atom. The number of ether oxygens (including phenoxy) is 1. The maximum atomic E-state index is 12.0. The van der Waals surface area contributed by atoms with E-state index in [0.717, 1.165) is 0 Å². The lowest BCUT2D eigenvalue weighted by atomic mass is 10.2. The fourth-order valence-electron chi connectivity index (χ4n) is 1.61. The molecule has 0 aliphatic carbocycles. The highest BCUT2D eigenvalue weighted by Gasteiger charge is 2.27. The number of benzene rings is 1. The maximum absolute atomic E-state index is 12.0. The largest absolute Gasteiger partial charge is 0.435 e. The predicted octanol–water partition coefficient (Wildman–Crippen LogP) is 1.86. The number of hydrogen-bond donors (Lipinski definition) is 1. The summed E-state index contributed by atoms with van der Waals surface area (Å²) >= 11 is 0. The molecule has 0 fully saturated rings. The van der Waals surface area contributed by atoms with Crippen molar-refractivity contribution in [3.8, 4) is 11.6 Å². The van der Waals surface area contributed by atoms with Crippen molar-refractivity contribution >= 4 is 5.91 Å². The van der Waals surface area contributed by atoms with Crippen LogP contribution in [0, 0.1) is 0 Å². The van der Waals surface area contributed by atoms with Crippen LogP contribution in [0.4, 0.5) is 13.2 Å². The number of nitrogens with zero attached hydrogens (tertiary/aromatic N) is 2. The Labute approximate surface area is 128 Å². The van der Waals surface area contributed by atoms with Crippen LogP contribution in [-0.4, -0.2) is 28.2 Å². The normalized spacial score (nSPS) is 11.1. The minimum absolute atomic E-state index is 0.0375. The number of carbonyl (C=O) groups is 1. The van der Waals surface area contributed by atoms with Gasteiger partial charge in [-0.3, -0.25) is 9.59 Å². The summed E-state index contributed by atoms with van der Waals surface area (Å²) in [4.78, 5) is 27.1. The molecule has 1 aromatic heterocycles. The average molecular weight is 327 g/mol. The van der Waals surface area contributed by atoms with Crippen molar-refractivity contribution in [2.45, 2.75) is 6.18 Å². The summed E-state index contributed by atoms with van der Waals surface area (Å²) in [6, 6.07) is 5.29. The van der Waals surface area contributed by atoms with Crippen molar-refractivity contribution in [3.05, 3.63) is 52.6 Å². The topological polar surface area (TPSA) is 73.2 Å². The van der Waals surface area contributed by atoms with E-state index in [4.69, 9.17) is 4.74 Å². The van der Waals surface area contributed by atoms with Gasteiger partial charge >= 0.3 is 11.7 Å². The predicted molar refractivity (Wildman–Crippen MR) is 74.4 cm³/mol. The summed E-state index contributed by atoms with van der Waals surface area (Å²) in [6.07, 6.45) is -1.63. The zero-order chi connectivity index (χ0) is 17.0. The average Bonchev–Trinajstić information content (AvgIpc) is 2.49. The van der Waals surface area contributed by atoms with E-state index in [1.807, 2.05) is 0 Å². The summed E-state index contributed by atoms with van der Waals surface area (Å²) in [7, 11) is 1.53. The van der Waals surface area contributed by atoms with Crippen molar-refractivity contribution in [2.75, 3.05) is 6.54 Å². The fourth-order valence-corrected chi connectivity index (χ4v) is 1.61. The molecule has 1 amide bonds. The van der Waals surface area contributed by atoms with Crippen molar-refractivity contribution in [1.82, 2.24) is 14.9 Å². The molecule has 0 bridgehead atoms. The Morgan fingerprint density at radius 2 is 1.96 bits per heavy atom. The number of nitrogens with one attached hydrogen (secondary N) is 1. The van der Waals surface area contributed by atoms with Crippen LogP contribution in [0.5, 0.6) is 11.6 Å². The molecule has 1 aromatic carbocycles. The minimum atomic E-state index is -4.47. The highest BCUT2D eigenvalue weighted by Crippen LogP contribution is 2.17. The third-order valence-corrected chi connectivity index (χ3v) is 2.77. The van der Waals surface area contributed by atoms with E-state index in [1.54, 1.807) is 5.32 Å². The Bertz CT molecular complexity index is 754. The number of halogens is 3. The van der Waals surface area contributed by atoms with Crippen LogP contribution >= 0.6 is 0 Å². The van der Waals surface area contributed by atoms with Crippen molar-refractivity contribution in [2.24, 2.45) is 7.05 Å². The first-order valence-corrected chi connectivity index (χ1v) is 6.41. The lowest BCUT2D eigenvalue weighted by molar-refractivity contribution is -0.123. The van der Waals surface area contributed by atoms with Gasteiger partial charge in [0.05, 0.1) is 0 Å². The standard InChI is InChI=1S/C14H12F3N3O3/c1-20-7-6-18-12(13(20)22)23-10-4-2-9(3-5-10)11(21)19-8-14(15,16)17/h2-7H,8H2,1H3,(H,19,21). The quantitative estimate of drug-likeness (QED) is 0.930. The van der Waals surface area contributed by atoms with Gasteiger partial charge in [0.15, 0.2) is 0 Å². The lowest BCUT2D eigenvalue weighted by Gasteiger charge is -2.09. The summed E-state index contributed by atoms with van der Waals surface area (Å²) in [5, 5.41) is 1.75. The third kappa shape index (κ3) is 4.56. The molecule has 0 radical (unpaired) electrons. The van der Waals surface area contributed by atoms with Crippen LogP contribution in [-0.2, 0) is 7.05 Å². The molecule has 0 aliphatic rings. The Hall–Kier alpha value is -2.84. The van der Waals surface area contributed by atoms with Gasteiger partial charge < -0.3 is 14.6 Å². The molecule has 2 rings (SSSR count). The van der Waals surface area contributed by atoms with E-state index in [9.17, 15) is 22.8 Å². The molecule has 0 saturated heterocycles. The zero-order valence-corrected chi connectivity index (χ0v) is 11.9. The molecule has 2 aromatic rings. The highest BCUT2D eigenvalue weighted by atomic mass is 19.4. The molecule has 0 saturated carbocycles. The van der Waals surface area contributed by atoms with Crippen molar-refractivity contribution < 1.29 is 22.7 Å². The number of alkyl halides is 3. The first kappa shape index (κ1) is 16.5. The SMILES string of the molecule is Cn1ccnc(Oc2ccc(C(=O)NCC(F)(F)F)cc2)c1=O. The second-order valence-electron chi connectivity index (χ2n) is 4.57. The second kappa shape index (κ2) is 6.51. The monoisotopic (exact) mass is 327 g/mol. The number of amides is 1. The smallest absolute Gasteiger partial charge is 0.405 e. The molecule has 9 heteroatoms. The van der Waals surface area contributed by atoms with E-state index < -0.39 is 24.2 Å². The number of aryl methyl sites for hydroxylation is 1. The molecule has 0 spiro atoms. The molecule has 6 nitrogen and oxygen atoms in total. The van der Waals surface area contributed by atoms with Crippen molar-refractivity contribution in [1.29, 1.82) is 0 Å². The Kier molecular flexibility index (Phi) is 4.68. The van der Waals surface area contributed by atoms with Crippen LogP contribution in [0.15, 0.2) is 41.5 Å². The zero-order valence-electron chi connectivity index (χ0n) is 11.9. The van der Waals surface area contributed by atoms with Gasteiger partial charge in [0.2, 0.25) is 0 Å². The molecular formula is C14H12F3N3O3. The fraction of sp³-hybridized carbons (Fsp3) is 0.214. The van der Waals surface area contributed by atoms with Crippen LogP contribution in [0.3, 0.4) is 0 Å². The Balaban J connectivity index is 2.06. The van der Waals surface area contributed by atoms with Gasteiger partial charge in [0.25, 0.3) is 11.8 Å². The first-order valence-electron chi connectivity index (χ1n) is 6.41. The van der Waals surface area contributed by atoms with Gasteiger partial charge in [-0.15, -0.1) is 0 Å². The molecular weight excluding hydrogens is 315 g/mol. The van der Waals surface area contributed by atoms with Crippen LogP contribution in [0.25, 0.3) is 0 Å². The van der Waals surface area contributed by atoms with Gasteiger partial charge in [-0.2, -0.15) is 13.2 Å². The Morgan fingerprint density at radius 1 is 1.30 bits per heavy atom. The number of aromatic nitrogens is 2. The summed E-state index contributed by atoms with van der Waals surface area (Å²) in [6.45, 7) is -1.41. The van der Waals surface area contributed by atoms with Gasteiger partial charge in [-0.1, -0.05) is 0 Å². The molecule has 0 atom stereocenters. The number of carbonyl (C=O) groups excluding carboxylic acids is 1. The first-order chi connectivity index (χ1) is 10.8. The van der Waals surface area contributed by atoms with Crippen LogP contribution < -0.4 is 15.6 Å². The summed E-state index contributed by atoms with van der Waals surface area (Å²) < 4.78 is 42.7. The van der Waals surface area contributed by atoms with E-state index in [0.29, 0.717) is 0 Å². The van der Waals surface area contributed by atoms with Crippen molar-refractivity contribution in [3.63, 3.8) is 0 Å². The lowest BCUT2D eigenvalue weighted by Crippen LogP contribution is -2.33. The van der Waals surface area contributed by atoms with E-state index in [-0.39, 0.29) is 17.2 Å². The van der Waals surface area contributed by atoms with Gasteiger partial charge in [-0.05, 0) is 24.3 Å². The minimum Gasteiger partial charge on any atom is -0.435 e. The molecule has 23 heavy (non-hydrogen) atoms. The molecule has 1 heterocycles. The summed E-state index contributed by atoms with van der Waals surface area (Å²) in [5.41, 5.74) is -0.407. The second-order valence-corrected chi connectivity index (χ2v) is 4.57. The number of rotatable bonds is 4. The van der Waals surface area contributed by atoms with Gasteiger partial charge in [0.1, 0.15) is 12.3 Å². The number of hydrogen-bond acceptors (Lipinski definition) is 4. The third-order valence-electron chi connectivity index (χ3n) is 2.77. The molecule has 1 N–H and O–H groups in total. The van der Waals surface area contributed by atoms with Gasteiger partial charge in [0, 0.05) is 25.0 Å². The van der Waals surface area contributed by atoms with E-state index in [2.05, 4.69) is 4.98 Å². The molecule has 0 aliphatic heterocycles. The van der Waals surface area contributed by atoms with Gasteiger partial charge in [-0.25, -0.2) is 4.98 Å². The van der Waals surface area contributed by atoms with Crippen LogP contribution in [0.1, 0.15) is 10.4 Å². The molecule has 0 unspecified atom stereocenters. The van der Waals surface area contributed by atoms with E-state index >= 15 is 0 Å². The summed E-state index contributed by atoms with van der Waals surface area (Å²) in [5.74, 6) is -0.778.